The molecule has 0 radical (unpaired) electrons. The van der Waals surface area contributed by atoms with Gasteiger partial charge in [0.1, 0.15) is 12.4 Å². The summed E-state index contributed by atoms with van der Waals surface area (Å²) in [7, 11) is 0. The summed E-state index contributed by atoms with van der Waals surface area (Å²) in [5.41, 5.74) is 2.70. The van der Waals surface area contributed by atoms with E-state index in [-0.39, 0.29) is 18.8 Å². The lowest BCUT2D eigenvalue weighted by Crippen LogP contribution is -2.56. The molecule has 140 valence electrons. The molecule has 1 fully saturated rings. The summed E-state index contributed by atoms with van der Waals surface area (Å²) >= 11 is 0. The first-order chi connectivity index (χ1) is 12.8. The Hall–Kier alpha value is -3.22. The van der Waals surface area contributed by atoms with Gasteiger partial charge in [0.2, 0.25) is 5.91 Å². The second kappa shape index (κ2) is 7.57. The normalized spacial score (nSPS) is 14.5. The molecular formula is C20H20FN3O3. The molecule has 0 atom stereocenters. The molecule has 2 aromatic rings. The molecule has 0 unspecified atom stereocenters. The number of hydrogen-bond donors (Lipinski definition) is 1. The lowest BCUT2D eigenvalue weighted by Gasteiger charge is -2.33. The van der Waals surface area contributed by atoms with Crippen LogP contribution in [0.15, 0.2) is 42.5 Å². The van der Waals surface area contributed by atoms with Gasteiger partial charge in [0, 0.05) is 18.8 Å². The molecule has 1 aliphatic heterocycles. The average molecular weight is 369 g/mol. The molecule has 0 aliphatic carbocycles. The van der Waals surface area contributed by atoms with Crippen LogP contribution in [-0.2, 0) is 14.4 Å². The van der Waals surface area contributed by atoms with Gasteiger partial charge in [-0.05, 0) is 49.2 Å². The first kappa shape index (κ1) is 18.6. The third-order valence-corrected chi connectivity index (χ3v) is 4.31. The maximum Gasteiger partial charge on any atom is 0.316 e. The number of carbonyl (C=O) groups is 3. The van der Waals surface area contributed by atoms with E-state index >= 15 is 0 Å². The van der Waals surface area contributed by atoms with Gasteiger partial charge in [-0.25, -0.2) is 4.39 Å². The third-order valence-electron chi connectivity index (χ3n) is 4.31. The molecule has 27 heavy (non-hydrogen) atoms. The van der Waals surface area contributed by atoms with Crippen molar-refractivity contribution in [1.82, 2.24) is 4.90 Å². The van der Waals surface area contributed by atoms with E-state index in [4.69, 9.17) is 0 Å². The number of nitrogens with one attached hydrogen (secondary N) is 1. The van der Waals surface area contributed by atoms with Crippen LogP contribution in [0.3, 0.4) is 0 Å². The number of carbonyl (C=O) groups excluding carboxylic acids is 3. The van der Waals surface area contributed by atoms with Crippen molar-refractivity contribution in [1.29, 1.82) is 0 Å². The number of hydrogen-bond acceptors (Lipinski definition) is 3. The topological polar surface area (TPSA) is 69.7 Å². The van der Waals surface area contributed by atoms with Crippen LogP contribution in [0.25, 0.3) is 0 Å². The summed E-state index contributed by atoms with van der Waals surface area (Å²) in [4.78, 5) is 39.6. The Kier molecular flexibility index (Phi) is 5.21. The molecule has 7 heteroatoms. The summed E-state index contributed by atoms with van der Waals surface area (Å²) in [5, 5.41) is 2.42. The van der Waals surface area contributed by atoms with E-state index < -0.39 is 23.5 Å². The van der Waals surface area contributed by atoms with Crippen LogP contribution in [0.5, 0.6) is 0 Å². The molecule has 0 bridgehead atoms. The zero-order chi connectivity index (χ0) is 19.6. The Bertz CT molecular complexity index is 893. The van der Waals surface area contributed by atoms with Gasteiger partial charge < -0.3 is 15.1 Å². The maximum atomic E-state index is 13.6. The first-order valence-corrected chi connectivity index (χ1v) is 8.58. The second-order valence-corrected chi connectivity index (χ2v) is 6.56. The molecule has 1 heterocycles. The minimum Gasteiger partial charge on any atom is -0.323 e. The van der Waals surface area contributed by atoms with Gasteiger partial charge in [0.25, 0.3) is 0 Å². The highest BCUT2D eigenvalue weighted by atomic mass is 19.1. The van der Waals surface area contributed by atoms with Crippen molar-refractivity contribution in [3.63, 3.8) is 0 Å². The van der Waals surface area contributed by atoms with Crippen LogP contribution < -0.4 is 10.2 Å². The van der Waals surface area contributed by atoms with E-state index in [1.807, 2.05) is 32.0 Å². The molecule has 1 aliphatic rings. The minimum absolute atomic E-state index is 0.0372. The average Bonchev–Trinajstić information content (AvgIpc) is 2.60. The number of piperazine rings is 1. The number of nitrogens with zero attached hydrogens (tertiary/aromatic N) is 2. The highest BCUT2D eigenvalue weighted by Crippen LogP contribution is 2.21. The van der Waals surface area contributed by atoms with E-state index in [2.05, 4.69) is 5.32 Å². The van der Waals surface area contributed by atoms with Crippen molar-refractivity contribution in [3.8, 4) is 0 Å². The SMILES string of the molecule is Cc1cc(C)cc(N2CCN(CC(=O)Nc3ccccc3F)C(=O)C2=O)c1. The van der Waals surface area contributed by atoms with Crippen molar-refractivity contribution in [2.45, 2.75) is 13.8 Å². The fourth-order valence-corrected chi connectivity index (χ4v) is 3.10. The number of para-hydroxylation sites is 1. The summed E-state index contributed by atoms with van der Waals surface area (Å²) in [6.45, 7) is 4.06. The number of halogens is 1. The van der Waals surface area contributed by atoms with Gasteiger partial charge in [-0.2, -0.15) is 0 Å². The Morgan fingerprint density at radius 2 is 1.70 bits per heavy atom. The molecule has 6 nitrogen and oxygen atoms in total. The Morgan fingerprint density at radius 3 is 2.37 bits per heavy atom. The van der Waals surface area contributed by atoms with E-state index in [0.29, 0.717) is 12.2 Å². The van der Waals surface area contributed by atoms with E-state index in [9.17, 15) is 18.8 Å². The quantitative estimate of drug-likeness (QED) is 0.841. The standard InChI is InChI=1S/C20H20FN3O3/c1-13-9-14(2)11-15(10-13)24-8-7-23(19(26)20(24)27)12-18(25)22-17-6-4-3-5-16(17)21/h3-6,9-11H,7-8,12H2,1-2H3,(H,22,25). The molecule has 3 rings (SSSR count). The van der Waals surface area contributed by atoms with Gasteiger partial charge >= 0.3 is 11.8 Å². The van der Waals surface area contributed by atoms with Gasteiger partial charge in [0.15, 0.2) is 0 Å². The summed E-state index contributed by atoms with van der Waals surface area (Å²) < 4.78 is 13.6. The predicted molar refractivity (Wildman–Crippen MR) is 99.9 cm³/mol. The van der Waals surface area contributed by atoms with Crippen molar-refractivity contribution in [2.24, 2.45) is 0 Å². The van der Waals surface area contributed by atoms with E-state index in [0.717, 1.165) is 11.1 Å². The van der Waals surface area contributed by atoms with Crippen molar-refractivity contribution >= 4 is 29.1 Å². The largest absolute Gasteiger partial charge is 0.323 e. The predicted octanol–water partition coefficient (Wildman–Crippen LogP) is 2.26. The van der Waals surface area contributed by atoms with Crippen LogP contribution in [-0.4, -0.2) is 42.3 Å². The van der Waals surface area contributed by atoms with E-state index in [1.165, 1.54) is 28.0 Å². The lowest BCUT2D eigenvalue weighted by atomic mass is 10.1. The molecular weight excluding hydrogens is 349 g/mol. The van der Waals surface area contributed by atoms with Gasteiger partial charge in [-0.3, -0.25) is 14.4 Å². The molecule has 0 aromatic heterocycles. The summed E-state index contributed by atoms with van der Waals surface area (Å²) in [5.74, 6) is -2.54. The van der Waals surface area contributed by atoms with Gasteiger partial charge in [-0.1, -0.05) is 18.2 Å². The molecule has 3 amide bonds. The van der Waals surface area contributed by atoms with Crippen LogP contribution in [0.2, 0.25) is 0 Å². The van der Waals surface area contributed by atoms with Crippen molar-refractivity contribution in [2.75, 3.05) is 29.9 Å². The Balaban J connectivity index is 1.67. The van der Waals surface area contributed by atoms with Crippen molar-refractivity contribution in [3.05, 3.63) is 59.4 Å². The third kappa shape index (κ3) is 4.13. The molecule has 1 N–H and O–H groups in total. The number of amides is 3. The molecule has 1 saturated heterocycles. The highest BCUT2D eigenvalue weighted by molar-refractivity contribution is 6.41. The molecule has 0 saturated carbocycles. The second-order valence-electron chi connectivity index (χ2n) is 6.56. The summed E-state index contributed by atoms with van der Waals surface area (Å²) in [6, 6.07) is 11.4. The zero-order valence-electron chi connectivity index (χ0n) is 15.2. The highest BCUT2D eigenvalue weighted by Gasteiger charge is 2.34. The number of anilines is 2. The summed E-state index contributed by atoms with van der Waals surface area (Å²) in [6.07, 6.45) is 0. The van der Waals surface area contributed by atoms with Crippen molar-refractivity contribution < 1.29 is 18.8 Å². The fraction of sp³-hybridized carbons (Fsp3) is 0.250. The van der Waals surface area contributed by atoms with Gasteiger partial charge in [-0.15, -0.1) is 0 Å². The smallest absolute Gasteiger partial charge is 0.316 e. The molecule has 2 aromatic carbocycles. The Labute approximate surface area is 156 Å². The van der Waals surface area contributed by atoms with Crippen LogP contribution >= 0.6 is 0 Å². The Morgan fingerprint density at radius 1 is 1.04 bits per heavy atom. The molecule has 0 spiro atoms. The monoisotopic (exact) mass is 369 g/mol. The zero-order valence-corrected chi connectivity index (χ0v) is 15.2. The van der Waals surface area contributed by atoms with Crippen LogP contribution in [0.4, 0.5) is 15.8 Å². The number of benzene rings is 2. The fourth-order valence-electron chi connectivity index (χ4n) is 3.10. The van der Waals surface area contributed by atoms with Gasteiger partial charge in [0.05, 0.1) is 5.69 Å². The van der Waals surface area contributed by atoms with Crippen LogP contribution in [0, 0.1) is 19.7 Å². The first-order valence-electron chi connectivity index (χ1n) is 8.58. The van der Waals surface area contributed by atoms with Crippen LogP contribution in [0.1, 0.15) is 11.1 Å². The maximum absolute atomic E-state index is 13.6. The number of aryl methyl sites for hydroxylation is 2. The minimum atomic E-state index is -0.746. The lowest BCUT2D eigenvalue weighted by molar-refractivity contribution is -0.147. The van der Waals surface area contributed by atoms with E-state index in [1.54, 1.807) is 6.07 Å². The number of rotatable bonds is 4.